The Balaban J connectivity index is 1.53. The van der Waals surface area contributed by atoms with E-state index in [1.54, 1.807) is 12.0 Å². The summed E-state index contributed by atoms with van der Waals surface area (Å²) in [5.41, 5.74) is 4.76. The van der Waals surface area contributed by atoms with Gasteiger partial charge >= 0.3 is 0 Å². The fraction of sp³-hybridized carbons (Fsp3) is 0.417. The number of benzene rings is 2. The topological polar surface area (TPSA) is 58.6 Å². The third-order valence-electron chi connectivity index (χ3n) is 5.53. The Kier molecular flexibility index (Phi) is 6.57. The van der Waals surface area contributed by atoms with Gasteiger partial charge in [-0.15, -0.1) is 0 Å². The number of amides is 2. The first-order valence-electron chi connectivity index (χ1n) is 10.1. The minimum absolute atomic E-state index is 0.0228. The largest absolute Gasteiger partial charge is 0.497 e. The van der Waals surface area contributed by atoms with Crippen LogP contribution < -0.4 is 10.1 Å². The van der Waals surface area contributed by atoms with Crippen molar-refractivity contribution in [3.05, 3.63) is 64.7 Å². The van der Waals surface area contributed by atoms with Crippen molar-refractivity contribution in [3.63, 3.8) is 0 Å². The minimum Gasteiger partial charge on any atom is -0.497 e. The van der Waals surface area contributed by atoms with E-state index >= 15 is 0 Å². The molecule has 2 aromatic carbocycles. The van der Waals surface area contributed by atoms with Crippen molar-refractivity contribution < 1.29 is 14.3 Å². The minimum atomic E-state index is -0.290. The molecule has 1 aliphatic heterocycles. The van der Waals surface area contributed by atoms with E-state index in [4.69, 9.17) is 4.74 Å². The molecular weight excluding hydrogens is 364 g/mol. The Hall–Kier alpha value is -2.82. The zero-order chi connectivity index (χ0) is 21.0. The Morgan fingerprint density at radius 2 is 1.93 bits per heavy atom. The van der Waals surface area contributed by atoms with Gasteiger partial charge in [0.05, 0.1) is 13.0 Å². The molecule has 0 saturated carbocycles. The zero-order valence-electron chi connectivity index (χ0n) is 17.7. The highest BCUT2D eigenvalue weighted by Gasteiger charge is 2.34. The summed E-state index contributed by atoms with van der Waals surface area (Å²) in [6.45, 7) is 7.18. The highest BCUT2D eigenvalue weighted by molar-refractivity contribution is 5.89. The summed E-state index contributed by atoms with van der Waals surface area (Å²) >= 11 is 0. The van der Waals surface area contributed by atoms with Crippen LogP contribution in [0.15, 0.2) is 42.5 Å². The van der Waals surface area contributed by atoms with Crippen LogP contribution in [-0.2, 0) is 22.6 Å². The van der Waals surface area contributed by atoms with Gasteiger partial charge in [-0.3, -0.25) is 9.59 Å². The average molecular weight is 395 g/mol. The first kappa shape index (κ1) is 20.9. The Labute approximate surface area is 173 Å². The average Bonchev–Trinajstić information content (AvgIpc) is 3.05. The summed E-state index contributed by atoms with van der Waals surface area (Å²) in [6, 6.07) is 14.1. The third kappa shape index (κ3) is 5.37. The van der Waals surface area contributed by atoms with Crippen LogP contribution in [0.4, 0.5) is 0 Å². The molecule has 2 unspecified atom stereocenters. The van der Waals surface area contributed by atoms with E-state index < -0.39 is 0 Å². The van der Waals surface area contributed by atoms with Crippen molar-refractivity contribution in [2.45, 2.75) is 46.2 Å². The fourth-order valence-electron chi connectivity index (χ4n) is 3.87. The van der Waals surface area contributed by atoms with E-state index in [0.717, 1.165) is 17.7 Å². The van der Waals surface area contributed by atoms with Crippen LogP contribution in [0.2, 0.25) is 0 Å². The van der Waals surface area contributed by atoms with E-state index in [0.29, 0.717) is 13.1 Å². The third-order valence-corrected chi connectivity index (χ3v) is 5.53. The van der Waals surface area contributed by atoms with Crippen molar-refractivity contribution in [2.75, 3.05) is 13.7 Å². The molecule has 0 bridgehead atoms. The molecule has 154 valence electrons. The predicted molar refractivity (Wildman–Crippen MR) is 114 cm³/mol. The lowest BCUT2D eigenvalue weighted by atomic mass is 9.99. The van der Waals surface area contributed by atoms with Gasteiger partial charge in [0.25, 0.3) is 0 Å². The van der Waals surface area contributed by atoms with Crippen LogP contribution in [0.1, 0.15) is 35.6 Å². The number of ether oxygens (including phenoxy) is 1. The SMILES string of the molecule is COc1ccc(CN2CC(C(=O)NC(C)Cc3ccc(C)cc3C)CC2=O)cc1. The maximum Gasteiger partial charge on any atom is 0.225 e. The van der Waals surface area contributed by atoms with Gasteiger partial charge in [0.1, 0.15) is 5.75 Å². The van der Waals surface area contributed by atoms with Crippen molar-refractivity contribution in [1.29, 1.82) is 0 Å². The monoisotopic (exact) mass is 394 g/mol. The molecule has 29 heavy (non-hydrogen) atoms. The highest BCUT2D eigenvalue weighted by Crippen LogP contribution is 2.22. The summed E-state index contributed by atoms with van der Waals surface area (Å²) in [6.07, 6.45) is 1.06. The van der Waals surface area contributed by atoms with Crippen LogP contribution >= 0.6 is 0 Å². The van der Waals surface area contributed by atoms with Crippen molar-refractivity contribution in [3.8, 4) is 5.75 Å². The second-order valence-electron chi connectivity index (χ2n) is 8.07. The molecular formula is C24H30N2O3. The maximum absolute atomic E-state index is 12.7. The maximum atomic E-state index is 12.7. The number of methoxy groups -OCH3 is 1. The Morgan fingerprint density at radius 1 is 1.21 bits per heavy atom. The summed E-state index contributed by atoms with van der Waals surface area (Å²) in [5, 5.41) is 3.10. The van der Waals surface area contributed by atoms with Crippen LogP contribution in [-0.4, -0.2) is 36.4 Å². The number of carbonyl (C=O) groups excluding carboxylic acids is 2. The Morgan fingerprint density at radius 3 is 2.59 bits per heavy atom. The number of nitrogens with one attached hydrogen (secondary N) is 1. The molecule has 0 radical (unpaired) electrons. The Bertz CT molecular complexity index is 876. The first-order chi connectivity index (χ1) is 13.9. The normalized spacial score (nSPS) is 17.3. The fourth-order valence-corrected chi connectivity index (χ4v) is 3.87. The van der Waals surface area contributed by atoms with Gasteiger partial charge in [-0.2, -0.15) is 0 Å². The van der Waals surface area contributed by atoms with Crippen LogP contribution in [0.3, 0.4) is 0 Å². The van der Waals surface area contributed by atoms with E-state index in [1.165, 1.54) is 16.7 Å². The molecule has 5 nitrogen and oxygen atoms in total. The molecule has 1 fully saturated rings. The number of hydrogen-bond donors (Lipinski definition) is 1. The summed E-state index contributed by atoms with van der Waals surface area (Å²) < 4.78 is 5.17. The second kappa shape index (κ2) is 9.12. The van der Waals surface area contributed by atoms with Crippen LogP contribution in [0.5, 0.6) is 5.75 Å². The predicted octanol–water partition coefficient (Wildman–Crippen LogP) is 3.41. The molecule has 2 atom stereocenters. The molecule has 1 N–H and O–H groups in total. The van der Waals surface area contributed by atoms with Gasteiger partial charge in [0.2, 0.25) is 11.8 Å². The number of carbonyl (C=O) groups is 2. The molecule has 1 heterocycles. The number of rotatable bonds is 7. The van der Waals surface area contributed by atoms with Crippen molar-refractivity contribution >= 4 is 11.8 Å². The number of nitrogens with zero attached hydrogens (tertiary/aromatic N) is 1. The molecule has 2 amide bonds. The molecule has 0 aliphatic carbocycles. The smallest absolute Gasteiger partial charge is 0.225 e. The molecule has 0 spiro atoms. The molecule has 0 aromatic heterocycles. The van der Waals surface area contributed by atoms with Gasteiger partial charge in [-0.1, -0.05) is 35.9 Å². The molecule has 2 aromatic rings. The number of aryl methyl sites for hydroxylation is 2. The van der Waals surface area contributed by atoms with Crippen molar-refractivity contribution in [2.24, 2.45) is 5.92 Å². The van der Waals surface area contributed by atoms with Crippen molar-refractivity contribution in [1.82, 2.24) is 10.2 Å². The van der Waals surface area contributed by atoms with Crippen LogP contribution in [0, 0.1) is 19.8 Å². The molecule has 5 heteroatoms. The van der Waals surface area contributed by atoms with Crippen LogP contribution in [0.25, 0.3) is 0 Å². The van der Waals surface area contributed by atoms with Gasteiger partial charge in [-0.05, 0) is 56.0 Å². The van der Waals surface area contributed by atoms with Gasteiger partial charge in [-0.25, -0.2) is 0 Å². The van der Waals surface area contributed by atoms with Gasteiger partial charge in [0.15, 0.2) is 0 Å². The van der Waals surface area contributed by atoms with E-state index in [2.05, 4.69) is 37.4 Å². The second-order valence-corrected chi connectivity index (χ2v) is 8.07. The summed E-state index contributed by atoms with van der Waals surface area (Å²) in [5.74, 6) is 0.495. The number of hydrogen-bond acceptors (Lipinski definition) is 3. The lowest BCUT2D eigenvalue weighted by Crippen LogP contribution is -2.39. The number of likely N-dealkylation sites (tertiary alicyclic amines) is 1. The standard InChI is InChI=1S/C24H30N2O3/c1-16-5-8-20(17(2)11-16)12-18(3)25-24(28)21-13-23(27)26(15-21)14-19-6-9-22(29-4)10-7-19/h5-11,18,21H,12-15H2,1-4H3,(H,25,28). The molecule has 1 saturated heterocycles. The lowest BCUT2D eigenvalue weighted by molar-refractivity contribution is -0.129. The summed E-state index contributed by atoms with van der Waals surface area (Å²) in [4.78, 5) is 26.9. The summed E-state index contributed by atoms with van der Waals surface area (Å²) in [7, 11) is 1.63. The van der Waals surface area contributed by atoms with E-state index in [9.17, 15) is 9.59 Å². The van der Waals surface area contributed by atoms with Gasteiger partial charge < -0.3 is 15.0 Å². The van der Waals surface area contributed by atoms with Gasteiger partial charge in [0, 0.05) is 25.6 Å². The lowest BCUT2D eigenvalue weighted by Gasteiger charge is -2.19. The van der Waals surface area contributed by atoms with E-state index in [1.807, 2.05) is 31.2 Å². The molecule has 1 aliphatic rings. The first-order valence-corrected chi connectivity index (χ1v) is 10.1. The van der Waals surface area contributed by atoms with E-state index in [-0.39, 0.29) is 30.2 Å². The molecule has 3 rings (SSSR count). The highest BCUT2D eigenvalue weighted by atomic mass is 16.5. The quantitative estimate of drug-likeness (QED) is 0.783. The zero-order valence-corrected chi connectivity index (χ0v) is 17.7.